The maximum atomic E-state index is 8.57. The molecule has 3 nitrogen and oxygen atoms in total. The third kappa shape index (κ3) is 2.64. The first-order chi connectivity index (χ1) is 7.88. The van der Waals surface area contributed by atoms with Crippen LogP contribution in [0.1, 0.15) is 17.1 Å². The molecule has 1 aromatic heterocycles. The second-order valence-corrected chi connectivity index (χ2v) is 3.46. The van der Waals surface area contributed by atoms with Crippen LogP contribution < -0.4 is 0 Å². The zero-order chi connectivity index (χ0) is 11.2. The minimum atomic E-state index is 0.266. The Morgan fingerprint density at radius 3 is 2.69 bits per heavy atom. The SMILES string of the molecule is N#CCc1nccc(Cc2ccccc2)n1. The van der Waals surface area contributed by atoms with Crippen LogP contribution in [0, 0.1) is 11.3 Å². The summed E-state index contributed by atoms with van der Waals surface area (Å²) in [7, 11) is 0. The smallest absolute Gasteiger partial charge is 0.142 e. The fourth-order valence-corrected chi connectivity index (χ4v) is 1.50. The van der Waals surface area contributed by atoms with Gasteiger partial charge < -0.3 is 0 Å². The van der Waals surface area contributed by atoms with Gasteiger partial charge in [0.2, 0.25) is 0 Å². The van der Waals surface area contributed by atoms with E-state index in [1.807, 2.05) is 24.3 Å². The Bertz CT molecular complexity index is 500. The first-order valence-electron chi connectivity index (χ1n) is 5.10. The summed E-state index contributed by atoms with van der Waals surface area (Å²) in [6, 6.07) is 14.1. The van der Waals surface area contributed by atoms with E-state index >= 15 is 0 Å². The molecule has 0 saturated heterocycles. The monoisotopic (exact) mass is 209 g/mol. The third-order valence-electron chi connectivity index (χ3n) is 2.23. The Morgan fingerprint density at radius 1 is 1.12 bits per heavy atom. The van der Waals surface area contributed by atoms with E-state index in [1.165, 1.54) is 5.56 Å². The van der Waals surface area contributed by atoms with Crippen molar-refractivity contribution in [1.29, 1.82) is 5.26 Å². The van der Waals surface area contributed by atoms with Crippen molar-refractivity contribution < 1.29 is 0 Å². The highest BCUT2D eigenvalue weighted by atomic mass is 14.9. The molecular formula is C13H11N3. The van der Waals surface area contributed by atoms with Crippen LogP contribution in [0.3, 0.4) is 0 Å². The normalized spacial score (nSPS) is 9.69. The largest absolute Gasteiger partial charge is 0.240 e. The minimum absolute atomic E-state index is 0.266. The number of hydrogen-bond acceptors (Lipinski definition) is 3. The first-order valence-corrected chi connectivity index (χ1v) is 5.10. The van der Waals surface area contributed by atoms with Crippen LogP contribution in [0.5, 0.6) is 0 Å². The fraction of sp³-hybridized carbons (Fsp3) is 0.154. The standard InChI is InChI=1S/C13H11N3/c14-8-6-13-15-9-7-12(16-13)10-11-4-2-1-3-5-11/h1-5,7,9H,6,10H2. The zero-order valence-electron chi connectivity index (χ0n) is 8.80. The van der Waals surface area contributed by atoms with Gasteiger partial charge in [0.25, 0.3) is 0 Å². The molecule has 2 rings (SSSR count). The summed E-state index contributed by atoms with van der Waals surface area (Å²) >= 11 is 0. The average Bonchev–Trinajstić information content (AvgIpc) is 2.31. The topological polar surface area (TPSA) is 49.6 Å². The van der Waals surface area contributed by atoms with Gasteiger partial charge in [0, 0.05) is 18.3 Å². The van der Waals surface area contributed by atoms with Crippen LogP contribution in [0.25, 0.3) is 0 Å². The molecule has 3 heteroatoms. The highest BCUT2D eigenvalue weighted by Crippen LogP contribution is 2.06. The van der Waals surface area contributed by atoms with Crippen molar-refractivity contribution in [3.63, 3.8) is 0 Å². The second kappa shape index (κ2) is 5.04. The lowest BCUT2D eigenvalue weighted by Crippen LogP contribution is -1.98. The maximum Gasteiger partial charge on any atom is 0.142 e. The Hall–Kier alpha value is -2.21. The van der Waals surface area contributed by atoms with Gasteiger partial charge in [-0.3, -0.25) is 0 Å². The summed E-state index contributed by atoms with van der Waals surface area (Å²) in [6.45, 7) is 0. The minimum Gasteiger partial charge on any atom is -0.240 e. The van der Waals surface area contributed by atoms with Crippen molar-refractivity contribution in [3.8, 4) is 6.07 Å². The van der Waals surface area contributed by atoms with Gasteiger partial charge in [0.05, 0.1) is 12.5 Å². The number of nitriles is 1. The van der Waals surface area contributed by atoms with E-state index in [1.54, 1.807) is 6.20 Å². The van der Waals surface area contributed by atoms with Crippen LogP contribution in [-0.2, 0) is 12.8 Å². The molecule has 0 aliphatic carbocycles. The number of aromatic nitrogens is 2. The molecule has 0 bridgehead atoms. The van der Waals surface area contributed by atoms with Gasteiger partial charge in [-0.25, -0.2) is 9.97 Å². The van der Waals surface area contributed by atoms with Crippen LogP contribution in [0.4, 0.5) is 0 Å². The lowest BCUT2D eigenvalue weighted by molar-refractivity contribution is 0.934. The number of benzene rings is 1. The van der Waals surface area contributed by atoms with E-state index < -0.39 is 0 Å². The molecule has 0 aliphatic heterocycles. The lowest BCUT2D eigenvalue weighted by Gasteiger charge is -2.01. The molecule has 16 heavy (non-hydrogen) atoms. The molecule has 0 unspecified atom stereocenters. The summed E-state index contributed by atoms with van der Waals surface area (Å²) in [5.74, 6) is 0.593. The predicted octanol–water partition coefficient (Wildman–Crippen LogP) is 2.13. The average molecular weight is 209 g/mol. The van der Waals surface area contributed by atoms with Crippen molar-refractivity contribution in [1.82, 2.24) is 9.97 Å². The van der Waals surface area contributed by atoms with Gasteiger partial charge in [-0.15, -0.1) is 0 Å². The Morgan fingerprint density at radius 2 is 1.94 bits per heavy atom. The summed E-state index contributed by atoms with van der Waals surface area (Å²) in [4.78, 5) is 8.36. The van der Waals surface area contributed by atoms with Crippen LogP contribution in [-0.4, -0.2) is 9.97 Å². The van der Waals surface area contributed by atoms with Gasteiger partial charge in [-0.1, -0.05) is 30.3 Å². The van der Waals surface area contributed by atoms with E-state index in [-0.39, 0.29) is 6.42 Å². The molecule has 78 valence electrons. The van der Waals surface area contributed by atoms with Gasteiger partial charge in [-0.05, 0) is 11.6 Å². The predicted molar refractivity (Wildman–Crippen MR) is 60.6 cm³/mol. The quantitative estimate of drug-likeness (QED) is 0.778. The summed E-state index contributed by atoms with van der Waals surface area (Å²) in [5, 5.41) is 8.57. The van der Waals surface area contributed by atoms with Gasteiger partial charge in [0.1, 0.15) is 5.82 Å². The van der Waals surface area contributed by atoms with Crippen LogP contribution in [0.15, 0.2) is 42.6 Å². The molecule has 0 spiro atoms. The Balaban J connectivity index is 2.16. The van der Waals surface area contributed by atoms with Crippen molar-refractivity contribution in [2.75, 3.05) is 0 Å². The van der Waals surface area contributed by atoms with Crippen molar-refractivity contribution in [3.05, 3.63) is 59.7 Å². The molecule has 0 atom stereocenters. The summed E-state index contributed by atoms with van der Waals surface area (Å²) < 4.78 is 0. The van der Waals surface area contributed by atoms with Gasteiger partial charge in [-0.2, -0.15) is 5.26 Å². The van der Waals surface area contributed by atoms with E-state index in [9.17, 15) is 0 Å². The maximum absolute atomic E-state index is 8.57. The number of hydrogen-bond donors (Lipinski definition) is 0. The summed E-state index contributed by atoms with van der Waals surface area (Å²) in [5.41, 5.74) is 2.16. The Labute approximate surface area is 94.4 Å². The van der Waals surface area contributed by atoms with Crippen molar-refractivity contribution in [2.24, 2.45) is 0 Å². The first kappa shape index (κ1) is 10.3. The zero-order valence-corrected chi connectivity index (χ0v) is 8.80. The van der Waals surface area contributed by atoms with E-state index in [4.69, 9.17) is 5.26 Å². The molecule has 0 aliphatic rings. The molecule has 0 radical (unpaired) electrons. The molecule has 0 N–H and O–H groups in total. The molecule has 1 aromatic carbocycles. The molecule has 1 heterocycles. The van der Waals surface area contributed by atoms with Crippen molar-refractivity contribution >= 4 is 0 Å². The molecule has 0 saturated carbocycles. The van der Waals surface area contributed by atoms with Gasteiger partial charge >= 0.3 is 0 Å². The third-order valence-corrected chi connectivity index (χ3v) is 2.23. The molecule has 2 aromatic rings. The molecule has 0 fully saturated rings. The van der Waals surface area contributed by atoms with E-state index in [0.717, 1.165) is 12.1 Å². The van der Waals surface area contributed by atoms with Gasteiger partial charge in [0.15, 0.2) is 0 Å². The van der Waals surface area contributed by atoms with Crippen LogP contribution >= 0.6 is 0 Å². The van der Waals surface area contributed by atoms with Crippen molar-refractivity contribution in [2.45, 2.75) is 12.8 Å². The second-order valence-electron chi connectivity index (χ2n) is 3.46. The molecule has 0 amide bonds. The number of rotatable bonds is 3. The van der Waals surface area contributed by atoms with E-state index in [2.05, 4.69) is 28.2 Å². The highest BCUT2D eigenvalue weighted by molar-refractivity contribution is 5.21. The van der Waals surface area contributed by atoms with Crippen LogP contribution in [0.2, 0.25) is 0 Å². The highest BCUT2D eigenvalue weighted by Gasteiger charge is 2.00. The fourth-order valence-electron chi connectivity index (χ4n) is 1.50. The number of nitrogens with zero attached hydrogens (tertiary/aromatic N) is 3. The summed E-state index contributed by atoms with van der Waals surface area (Å²) in [6.07, 6.45) is 2.75. The van der Waals surface area contributed by atoms with E-state index in [0.29, 0.717) is 5.82 Å². The lowest BCUT2D eigenvalue weighted by atomic mass is 10.1. The molecular weight excluding hydrogens is 198 g/mol. The Kier molecular flexibility index (Phi) is 3.25.